The largest absolute Gasteiger partial charge is 0.384 e. The monoisotopic (exact) mass is 436 g/mol. The molecule has 0 aromatic heterocycles. The second-order valence-electron chi connectivity index (χ2n) is 8.80. The number of rotatable bonds is 9. The second kappa shape index (κ2) is 11.8. The number of aliphatic hydroxyl groups excluding tert-OH is 1. The van der Waals surface area contributed by atoms with Crippen molar-refractivity contribution in [2.24, 2.45) is 0 Å². The Morgan fingerprint density at radius 3 is 1.97 bits per heavy atom. The third-order valence-corrected chi connectivity index (χ3v) is 6.29. The molecular formula is C27H36N2O3. The standard InChI is InChI=1S/C27H36N2O3/c1-3-19-29(27(32)20(2)30)25(26(31)28-23-17-11-6-12-18-23)24(21-13-7-4-8-14-21)22-15-9-5-10-16-22/h4-5,7-10,13-16,20,23-25,30H,3,6,11-12,17-19H2,1-2H3,(H,28,31). The molecule has 0 spiro atoms. The van der Waals surface area contributed by atoms with Gasteiger partial charge in [-0.25, -0.2) is 0 Å². The van der Waals surface area contributed by atoms with E-state index in [0.29, 0.717) is 13.0 Å². The van der Waals surface area contributed by atoms with E-state index in [1.807, 2.05) is 67.6 Å². The number of hydrogen-bond acceptors (Lipinski definition) is 3. The molecule has 1 aliphatic carbocycles. The van der Waals surface area contributed by atoms with Gasteiger partial charge in [0, 0.05) is 18.5 Å². The van der Waals surface area contributed by atoms with E-state index in [1.54, 1.807) is 4.90 Å². The molecule has 1 saturated carbocycles. The Labute approximate surface area is 191 Å². The molecule has 2 amide bonds. The van der Waals surface area contributed by atoms with Crippen molar-refractivity contribution in [3.63, 3.8) is 0 Å². The molecule has 0 aliphatic heterocycles. The van der Waals surface area contributed by atoms with Gasteiger partial charge in [-0.2, -0.15) is 0 Å². The third kappa shape index (κ3) is 5.98. The Bertz CT molecular complexity index is 808. The van der Waals surface area contributed by atoms with Crippen LogP contribution in [0.15, 0.2) is 60.7 Å². The lowest BCUT2D eigenvalue weighted by molar-refractivity contribution is -0.147. The highest BCUT2D eigenvalue weighted by molar-refractivity contribution is 5.90. The van der Waals surface area contributed by atoms with Crippen LogP contribution in [0.1, 0.15) is 69.4 Å². The molecule has 2 unspecified atom stereocenters. The molecule has 0 heterocycles. The molecule has 0 saturated heterocycles. The van der Waals surface area contributed by atoms with Crippen molar-refractivity contribution in [2.75, 3.05) is 6.54 Å². The average Bonchev–Trinajstić information content (AvgIpc) is 2.82. The highest BCUT2D eigenvalue weighted by Crippen LogP contribution is 2.32. The molecule has 1 fully saturated rings. The number of hydrogen-bond donors (Lipinski definition) is 2. The van der Waals surface area contributed by atoms with Crippen LogP contribution in [-0.2, 0) is 9.59 Å². The summed E-state index contributed by atoms with van der Waals surface area (Å²) in [5, 5.41) is 13.4. The van der Waals surface area contributed by atoms with E-state index >= 15 is 0 Å². The minimum atomic E-state index is -1.17. The summed E-state index contributed by atoms with van der Waals surface area (Å²) >= 11 is 0. The van der Waals surface area contributed by atoms with Crippen LogP contribution < -0.4 is 5.32 Å². The molecule has 32 heavy (non-hydrogen) atoms. The van der Waals surface area contributed by atoms with Gasteiger partial charge in [-0.1, -0.05) is 86.8 Å². The van der Waals surface area contributed by atoms with Gasteiger partial charge >= 0.3 is 0 Å². The first-order chi connectivity index (χ1) is 15.5. The van der Waals surface area contributed by atoms with Crippen LogP contribution in [0.3, 0.4) is 0 Å². The highest BCUT2D eigenvalue weighted by atomic mass is 16.3. The Morgan fingerprint density at radius 1 is 0.969 bits per heavy atom. The molecule has 2 N–H and O–H groups in total. The van der Waals surface area contributed by atoms with E-state index in [9.17, 15) is 14.7 Å². The van der Waals surface area contributed by atoms with Crippen LogP contribution >= 0.6 is 0 Å². The van der Waals surface area contributed by atoms with Crippen molar-refractivity contribution >= 4 is 11.8 Å². The Balaban J connectivity index is 2.08. The molecule has 3 rings (SSSR count). The van der Waals surface area contributed by atoms with Gasteiger partial charge < -0.3 is 15.3 Å². The number of carbonyl (C=O) groups is 2. The van der Waals surface area contributed by atoms with Gasteiger partial charge in [-0.15, -0.1) is 0 Å². The lowest BCUT2D eigenvalue weighted by Gasteiger charge is -2.38. The van der Waals surface area contributed by atoms with Crippen LogP contribution in [0.4, 0.5) is 0 Å². The minimum absolute atomic E-state index is 0.135. The Morgan fingerprint density at radius 2 is 1.50 bits per heavy atom. The summed E-state index contributed by atoms with van der Waals surface area (Å²) in [6.07, 6.45) is 4.90. The zero-order valence-electron chi connectivity index (χ0n) is 19.2. The van der Waals surface area contributed by atoms with Crippen molar-refractivity contribution in [3.8, 4) is 0 Å². The zero-order valence-corrected chi connectivity index (χ0v) is 19.2. The molecule has 2 aromatic carbocycles. The number of nitrogens with zero attached hydrogens (tertiary/aromatic N) is 1. The molecule has 2 atom stereocenters. The summed E-state index contributed by atoms with van der Waals surface area (Å²) in [7, 11) is 0. The van der Waals surface area contributed by atoms with E-state index in [-0.39, 0.29) is 17.9 Å². The molecule has 0 radical (unpaired) electrons. The van der Waals surface area contributed by atoms with E-state index in [4.69, 9.17) is 0 Å². The van der Waals surface area contributed by atoms with Crippen molar-refractivity contribution in [1.82, 2.24) is 10.2 Å². The number of aliphatic hydroxyl groups is 1. The fraction of sp³-hybridized carbons (Fsp3) is 0.481. The summed E-state index contributed by atoms with van der Waals surface area (Å²) in [5.41, 5.74) is 1.95. The van der Waals surface area contributed by atoms with Gasteiger partial charge in [-0.3, -0.25) is 9.59 Å². The lowest BCUT2D eigenvalue weighted by atomic mass is 9.83. The Hall–Kier alpha value is -2.66. The normalized spacial score (nSPS) is 16.4. The van der Waals surface area contributed by atoms with E-state index in [0.717, 1.165) is 36.8 Å². The van der Waals surface area contributed by atoms with Gasteiger partial charge in [0.25, 0.3) is 5.91 Å². The van der Waals surface area contributed by atoms with Crippen LogP contribution in [0.25, 0.3) is 0 Å². The SMILES string of the molecule is CCCN(C(=O)C(C)O)C(C(=O)NC1CCCCC1)C(c1ccccc1)c1ccccc1. The fourth-order valence-electron chi connectivity index (χ4n) is 4.75. The van der Waals surface area contributed by atoms with Crippen LogP contribution in [0.2, 0.25) is 0 Å². The minimum Gasteiger partial charge on any atom is -0.384 e. The van der Waals surface area contributed by atoms with Crippen molar-refractivity contribution < 1.29 is 14.7 Å². The van der Waals surface area contributed by atoms with Gasteiger partial charge in [0.2, 0.25) is 5.91 Å². The topological polar surface area (TPSA) is 69.6 Å². The predicted molar refractivity (Wildman–Crippen MR) is 127 cm³/mol. The maximum Gasteiger partial charge on any atom is 0.251 e. The molecule has 5 heteroatoms. The van der Waals surface area contributed by atoms with Crippen molar-refractivity contribution in [1.29, 1.82) is 0 Å². The number of nitrogens with one attached hydrogen (secondary N) is 1. The highest BCUT2D eigenvalue weighted by Gasteiger charge is 2.39. The first kappa shape index (κ1) is 24.0. The number of benzene rings is 2. The summed E-state index contributed by atoms with van der Waals surface area (Å²) in [4.78, 5) is 28.6. The fourth-order valence-corrected chi connectivity index (χ4v) is 4.75. The van der Waals surface area contributed by atoms with Gasteiger partial charge in [0.05, 0.1) is 0 Å². The molecule has 5 nitrogen and oxygen atoms in total. The molecule has 172 valence electrons. The smallest absolute Gasteiger partial charge is 0.251 e. The zero-order chi connectivity index (χ0) is 22.9. The van der Waals surface area contributed by atoms with Crippen molar-refractivity contribution in [2.45, 2.75) is 76.5 Å². The molecule has 0 bridgehead atoms. The maximum absolute atomic E-state index is 13.9. The number of carbonyl (C=O) groups excluding carboxylic acids is 2. The number of amides is 2. The molecule has 1 aliphatic rings. The predicted octanol–water partition coefficient (Wildman–Crippen LogP) is 4.26. The summed E-state index contributed by atoms with van der Waals surface area (Å²) < 4.78 is 0. The molecule has 2 aromatic rings. The first-order valence-electron chi connectivity index (χ1n) is 11.9. The van der Waals surface area contributed by atoms with Crippen molar-refractivity contribution in [3.05, 3.63) is 71.8 Å². The van der Waals surface area contributed by atoms with E-state index in [1.165, 1.54) is 13.3 Å². The summed E-state index contributed by atoms with van der Waals surface area (Å²) in [5.74, 6) is -0.889. The van der Waals surface area contributed by atoms with Crippen LogP contribution in [0.5, 0.6) is 0 Å². The summed E-state index contributed by atoms with van der Waals surface area (Å²) in [6.45, 7) is 3.86. The third-order valence-electron chi connectivity index (χ3n) is 6.29. The van der Waals surface area contributed by atoms with Gasteiger partial charge in [0.15, 0.2) is 0 Å². The lowest BCUT2D eigenvalue weighted by Crippen LogP contribution is -2.56. The maximum atomic E-state index is 13.9. The quantitative estimate of drug-likeness (QED) is 0.617. The van der Waals surface area contributed by atoms with Gasteiger partial charge in [-0.05, 0) is 37.3 Å². The van der Waals surface area contributed by atoms with Crippen LogP contribution in [-0.4, -0.2) is 46.6 Å². The summed E-state index contributed by atoms with van der Waals surface area (Å²) in [6, 6.07) is 19.2. The van der Waals surface area contributed by atoms with Gasteiger partial charge in [0.1, 0.15) is 12.1 Å². The van der Waals surface area contributed by atoms with E-state index < -0.39 is 18.1 Å². The first-order valence-corrected chi connectivity index (χ1v) is 11.9. The molecular weight excluding hydrogens is 400 g/mol. The average molecular weight is 437 g/mol. The van der Waals surface area contributed by atoms with E-state index in [2.05, 4.69) is 5.32 Å². The second-order valence-corrected chi connectivity index (χ2v) is 8.80. The van der Waals surface area contributed by atoms with Crippen LogP contribution in [0, 0.1) is 0 Å². The Kier molecular flexibility index (Phi) is 8.86.